The van der Waals surface area contributed by atoms with Crippen molar-refractivity contribution in [2.75, 3.05) is 12.3 Å². The number of rotatable bonds is 11. The van der Waals surface area contributed by atoms with Gasteiger partial charge in [0.05, 0.1) is 0 Å². The lowest BCUT2D eigenvalue weighted by Gasteiger charge is -2.17. The molecule has 0 bridgehead atoms. The average molecular weight is 473 g/mol. The van der Waals surface area contributed by atoms with Gasteiger partial charge in [-0.1, -0.05) is 0 Å². The molecule has 2 unspecified atom stereocenters. The van der Waals surface area contributed by atoms with Gasteiger partial charge in [-0.25, -0.2) is 4.79 Å². The van der Waals surface area contributed by atoms with Gasteiger partial charge in [0.1, 0.15) is 18.6 Å². The first-order valence-electron chi connectivity index (χ1n) is 6.88. The SMILES string of the molecule is CC(I)=CNC(CCC(=O)NC(CS)C(=O)NCC(=O)O)C(=O)O. The molecule has 0 radical (unpaired) electrons. The Morgan fingerprint density at radius 2 is 1.83 bits per heavy atom. The van der Waals surface area contributed by atoms with Gasteiger partial charge in [0.25, 0.3) is 0 Å². The van der Waals surface area contributed by atoms with Gasteiger partial charge in [0, 0.05) is 22.0 Å². The highest BCUT2D eigenvalue weighted by Crippen LogP contribution is 2.04. The van der Waals surface area contributed by atoms with E-state index in [4.69, 9.17) is 10.2 Å². The van der Waals surface area contributed by atoms with Crippen molar-refractivity contribution in [2.24, 2.45) is 0 Å². The average Bonchev–Trinajstić information content (AvgIpc) is 2.49. The van der Waals surface area contributed by atoms with Crippen LogP contribution in [0.2, 0.25) is 0 Å². The van der Waals surface area contributed by atoms with Crippen LogP contribution in [0.4, 0.5) is 0 Å². The number of carbonyl (C=O) groups excluding carboxylic acids is 2. The Morgan fingerprint density at radius 3 is 2.29 bits per heavy atom. The van der Waals surface area contributed by atoms with E-state index in [-0.39, 0.29) is 18.6 Å². The van der Waals surface area contributed by atoms with Crippen LogP contribution in [0.1, 0.15) is 19.8 Å². The molecule has 0 aromatic heterocycles. The summed E-state index contributed by atoms with van der Waals surface area (Å²) in [7, 11) is 0. The zero-order chi connectivity index (χ0) is 18.7. The molecule has 0 aliphatic heterocycles. The molecule has 2 atom stereocenters. The summed E-state index contributed by atoms with van der Waals surface area (Å²) in [4.78, 5) is 45.0. The summed E-state index contributed by atoms with van der Waals surface area (Å²) < 4.78 is 0.855. The Kier molecular flexibility index (Phi) is 11.2. The van der Waals surface area contributed by atoms with E-state index >= 15 is 0 Å². The van der Waals surface area contributed by atoms with E-state index in [2.05, 4.69) is 28.6 Å². The van der Waals surface area contributed by atoms with Crippen LogP contribution in [0.5, 0.6) is 0 Å². The zero-order valence-corrected chi connectivity index (χ0v) is 16.0. The molecule has 9 nitrogen and oxygen atoms in total. The molecule has 0 aliphatic carbocycles. The summed E-state index contributed by atoms with van der Waals surface area (Å²) in [5.41, 5.74) is 0. The molecular weight excluding hydrogens is 453 g/mol. The highest BCUT2D eigenvalue weighted by molar-refractivity contribution is 14.1. The third-order valence-corrected chi connectivity index (χ3v) is 3.37. The Bertz CT molecular complexity index is 510. The van der Waals surface area contributed by atoms with Crippen molar-refractivity contribution in [3.63, 3.8) is 0 Å². The minimum absolute atomic E-state index is 0.0193. The number of carboxylic acid groups (broad SMARTS) is 2. The summed E-state index contributed by atoms with van der Waals surface area (Å²) in [5.74, 6) is -3.52. The molecule has 0 heterocycles. The molecule has 136 valence electrons. The van der Waals surface area contributed by atoms with Crippen molar-refractivity contribution in [3.8, 4) is 0 Å². The van der Waals surface area contributed by atoms with Gasteiger partial charge >= 0.3 is 11.9 Å². The first-order valence-corrected chi connectivity index (χ1v) is 8.59. The normalized spacial score (nSPS) is 13.5. The summed E-state index contributed by atoms with van der Waals surface area (Å²) in [6.07, 6.45) is 1.44. The first-order chi connectivity index (χ1) is 11.2. The van der Waals surface area contributed by atoms with Gasteiger partial charge in [-0.2, -0.15) is 12.6 Å². The summed E-state index contributed by atoms with van der Waals surface area (Å²) in [6.45, 7) is 1.22. The fourth-order valence-corrected chi connectivity index (χ4v) is 1.95. The van der Waals surface area contributed by atoms with Crippen LogP contribution in [0.25, 0.3) is 0 Å². The predicted molar refractivity (Wildman–Crippen MR) is 98.0 cm³/mol. The second kappa shape index (κ2) is 11.9. The number of halogens is 1. The molecule has 0 spiro atoms. The van der Waals surface area contributed by atoms with E-state index in [9.17, 15) is 19.2 Å². The molecule has 0 saturated carbocycles. The lowest BCUT2D eigenvalue weighted by atomic mass is 10.1. The second-order valence-electron chi connectivity index (χ2n) is 4.74. The van der Waals surface area contributed by atoms with Gasteiger partial charge in [-0.05, 0) is 35.9 Å². The number of allylic oxidation sites excluding steroid dienone is 1. The molecule has 0 rings (SSSR count). The zero-order valence-electron chi connectivity index (χ0n) is 12.9. The molecule has 0 aliphatic rings. The molecule has 2 amide bonds. The van der Waals surface area contributed by atoms with E-state index in [1.165, 1.54) is 6.20 Å². The van der Waals surface area contributed by atoms with E-state index in [1.54, 1.807) is 6.92 Å². The number of carbonyl (C=O) groups is 4. The maximum absolute atomic E-state index is 11.8. The maximum Gasteiger partial charge on any atom is 0.326 e. The van der Waals surface area contributed by atoms with Gasteiger partial charge in [-0.15, -0.1) is 0 Å². The molecular formula is C13H20IN3O6S. The van der Waals surface area contributed by atoms with Crippen LogP contribution in [0, 0.1) is 0 Å². The van der Waals surface area contributed by atoms with Crippen molar-refractivity contribution in [2.45, 2.75) is 31.8 Å². The summed E-state index contributed by atoms with van der Waals surface area (Å²) >= 11 is 5.95. The van der Waals surface area contributed by atoms with Crippen LogP contribution < -0.4 is 16.0 Å². The van der Waals surface area contributed by atoms with Crippen LogP contribution in [0.15, 0.2) is 9.78 Å². The standard InChI is InChI=1S/C13H20IN3O6S/c1-7(14)4-15-8(13(22)23)2-3-10(18)17-9(6-24)12(21)16-5-11(19)20/h4,8-9,15,24H,2-3,5-6H2,1H3,(H,16,21)(H,17,18)(H,19,20)(H,22,23). The number of aliphatic carboxylic acids is 2. The van der Waals surface area contributed by atoms with E-state index in [0.29, 0.717) is 0 Å². The molecule has 5 N–H and O–H groups in total. The lowest BCUT2D eigenvalue weighted by molar-refractivity contribution is -0.139. The quantitative estimate of drug-likeness (QED) is 0.179. The Labute approximate surface area is 158 Å². The highest BCUT2D eigenvalue weighted by Gasteiger charge is 2.22. The van der Waals surface area contributed by atoms with Gasteiger partial charge in [-0.3, -0.25) is 14.4 Å². The van der Waals surface area contributed by atoms with Gasteiger partial charge in [0.2, 0.25) is 11.8 Å². The molecule has 11 heteroatoms. The third-order valence-electron chi connectivity index (χ3n) is 2.69. The smallest absolute Gasteiger partial charge is 0.326 e. The largest absolute Gasteiger partial charge is 0.480 e. The summed E-state index contributed by atoms with van der Waals surface area (Å²) in [5, 5.41) is 24.8. The fourth-order valence-electron chi connectivity index (χ4n) is 1.52. The number of amides is 2. The topological polar surface area (TPSA) is 145 Å². The van der Waals surface area contributed by atoms with Crippen LogP contribution >= 0.6 is 35.2 Å². The van der Waals surface area contributed by atoms with Crippen LogP contribution in [0.3, 0.4) is 0 Å². The van der Waals surface area contributed by atoms with Crippen molar-refractivity contribution in [1.82, 2.24) is 16.0 Å². The van der Waals surface area contributed by atoms with Crippen molar-refractivity contribution in [1.29, 1.82) is 0 Å². The lowest BCUT2D eigenvalue weighted by Crippen LogP contribution is -2.49. The summed E-state index contributed by atoms with van der Waals surface area (Å²) in [6, 6.07) is -1.93. The maximum atomic E-state index is 11.8. The minimum atomic E-state index is -1.21. The molecule has 0 aromatic rings. The fraction of sp³-hybridized carbons (Fsp3) is 0.538. The third kappa shape index (κ3) is 10.3. The minimum Gasteiger partial charge on any atom is -0.480 e. The second-order valence-corrected chi connectivity index (χ2v) is 6.81. The van der Waals surface area contributed by atoms with Crippen LogP contribution in [-0.4, -0.2) is 58.3 Å². The Balaban J connectivity index is 4.47. The number of nitrogens with one attached hydrogen (secondary N) is 3. The van der Waals surface area contributed by atoms with Crippen molar-refractivity contribution in [3.05, 3.63) is 9.78 Å². The van der Waals surface area contributed by atoms with E-state index in [1.807, 2.05) is 22.6 Å². The number of hydrogen-bond acceptors (Lipinski definition) is 6. The number of hydrogen-bond donors (Lipinski definition) is 6. The number of carboxylic acids is 2. The van der Waals surface area contributed by atoms with Gasteiger partial charge in [0.15, 0.2) is 0 Å². The first kappa shape index (κ1) is 22.5. The van der Waals surface area contributed by atoms with E-state index in [0.717, 1.165) is 3.58 Å². The Morgan fingerprint density at radius 1 is 1.21 bits per heavy atom. The van der Waals surface area contributed by atoms with Crippen molar-refractivity contribution >= 4 is 59.0 Å². The van der Waals surface area contributed by atoms with Crippen molar-refractivity contribution < 1.29 is 29.4 Å². The van der Waals surface area contributed by atoms with Crippen LogP contribution in [-0.2, 0) is 19.2 Å². The predicted octanol–water partition coefficient (Wildman–Crippen LogP) is -0.279. The monoisotopic (exact) mass is 473 g/mol. The van der Waals surface area contributed by atoms with Gasteiger partial charge < -0.3 is 26.2 Å². The van der Waals surface area contributed by atoms with E-state index < -0.39 is 42.4 Å². The number of thiol groups is 1. The molecule has 0 fully saturated rings. The molecule has 0 saturated heterocycles. The molecule has 24 heavy (non-hydrogen) atoms. The molecule has 0 aromatic carbocycles. The Hall–Kier alpha value is -1.50. The highest BCUT2D eigenvalue weighted by atomic mass is 127.